The minimum Gasteiger partial charge on any atom is -0.508 e. The molecule has 0 radical (unpaired) electrons. The van der Waals surface area contributed by atoms with Gasteiger partial charge < -0.3 is 15.3 Å². The summed E-state index contributed by atoms with van der Waals surface area (Å²) in [5.74, 6) is 1.08. The Bertz CT molecular complexity index is 779. The Morgan fingerprint density at radius 1 is 1.13 bits per heavy atom. The summed E-state index contributed by atoms with van der Waals surface area (Å²) < 4.78 is 1.82. The van der Waals surface area contributed by atoms with Crippen molar-refractivity contribution in [1.82, 2.24) is 19.5 Å². The fourth-order valence-corrected chi connectivity index (χ4v) is 2.41. The Kier molecular flexibility index (Phi) is 4.43. The van der Waals surface area contributed by atoms with Crippen LogP contribution in [0.25, 0.3) is 16.9 Å². The highest BCUT2D eigenvalue weighted by Crippen LogP contribution is 2.22. The van der Waals surface area contributed by atoms with Gasteiger partial charge in [0.15, 0.2) is 5.65 Å². The van der Waals surface area contributed by atoms with Crippen LogP contribution < -0.4 is 5.32 Å². The monoisotopic (exact) mass is 311 g/mol. The second-order valence-corrected chi connectivity index (χ2v) is 5.76. The minimum atomic E-state index is 0.249. The molecule has 0 atom stereocenters. The van der Waals surface area contributed by atoms with Crippen molar-refractivity contribution in [2.45, 2.75) is 6.42 Å². The number of aromatic nitrogens is 3. The van der Waals surface area contributed by atoms with Crippen LogP contribution in [0.1, 0.15) is 6.42 Å². The van der Waals surface area contributed by atoms with E-state index in [0.29, 0.717) is 0 Å². The van der Waals surface area contributed by atoms with Crippen molar-refractivity contribution >= 4 is 11.5 Å². The first kappa shape index (κ1) is 15.3. The van der Waals surface area contributed by atoms with E-state index in [0.717, 1.165) is 42.2 Å². The van der Waals surface area contributed by atoms with Gasteiger partial charge >= 0.3 is 0 Å². The molecular formula is C17H21N5O. The lowest BCUT2D eigenvalue weighted by atomic mass is 10.2. The zero-order chi connectivity index (χ0) is 16.2. The molecule has 0 unspecified atom stereocenters. The molecule has 0 saturated heterocycles. The molecule has 120 valence electrons. The van der Waals surface area contributed by atoms with Gasteiger partial charge in [-0.2, -0.15) is 0 Å². The van der Waals surface area contributed by atoms with Gasteiger partial charge in [-0.25, -0.2) is 9.50 Å². The molecule has 0 saturated carbocycles. The van der Waals surface area contributed by atoms with Crippen LogP contribution >= 0.6 is 0 Å². The first-order valence-electron chi connectivity index (χ1n) is 7.66. The van der Waals surface area contributed by atoms with E-state index in [1.165, 1.54) is 0 Å². The van der Waals surface area contributed by atoms with E-state index in [4.69, 9.17) is 0 Å². The summed E-state index contributed by atoms with van der Waals surface area (Å²) in [5.41, 5.74) is 2.66. The maximum atomic E-state index is 9.42. The number of phenols is 1. The van der Waals surface area contributed by atoms with E-state index in [2.05, 4.69) is 34.4 Å². The van der Waals surface area contributed by atoms with Crippen LogP contribution in [0.3, 0.4) is 0 Å². The third-order valence-electron chi connectivity index (χ3n) is 3.61. The molecule has 2 N–H and O–H groups in total. The summed E-state index contributed by atoms with van der Waals surface area (Å²) in [6.45, 7) is 1.92. The van der Waals surface area contributed by atoms with E-state index in [9.17, 15) is 5.11 Å². The Morgan fingerprint density at radius 3 is 2.65 bits per heavy atom. The molecule has 0 fully saturated rings. The number of benzene rings is 1. The number of nitrogens with zero attached hydrogens (tertiary/aromatic N) is 4. The molecule has 0 aliphatic heterocycles. The number of anilines is 1. The highest BCUT2D eigenvalue weighted by molar-refractivity contribution is 5.64. The van der Waals surface area contributed by atoms with E-state index in [-0.39, 0.29) is 5.75 Å². The Hall–Kier alpha value is -2.60. The summed E-state index contributed by atoms with van der Waals surface area (Å²) in [5, 5.41) is 17.4. The largest absolute Gasteiger partial charge is 0.508 e. The van der Waals surface area contributed by atoms with Gasteiger partial charge in [-0.1, -0.05) is 0 Å². The van der Waals surface area contributed by atoms with Crippen molar-refractivity contribution in [2.75, 3.05) is 32.5 Å². The van der Waals surface area contributed by atoms with E-state index >= 15 is 0 Å². The summed E-state index contributed by atoms with van der Waals surface area (Å²) >= 11 is 0. The zero-order valence-corrected chi connectivity index (χ0v) is 13.4. The molecule has 2 heterocycles. The molecule has 0 amide bonds. The van der Waals surface area contributed by atoms with Gasteiger partial charge in [0.05, 0.1) is 11.9 Å². The lowest BCUT2D eigenvalue weighted by molar-refractivity contribution is 0.405. The van der Waals surface area contributed by atoms with Crippen molar-refractivity contribution in [3.63, 3.8) is 0 Å². The number of nitrogens with one attached hydrogen (secondary N) is 1. The standard InChI is InChI=1S/C17H21N5O/c1-21(2)11-3-10-18-16-8-9-17-19-12-15(22(17)20-16)13-4-6-14(23)7-5-13/h4-9,12,23H,3,10-11H2,1-2H3,(H,18,20). The highest BCUT2D eigenvalue weighted by atomic mass is 16.3. The topological polar surface area (TPSA) is 65.7 Å². The van der Waals surface area contributed by atoms with Crippen molar-refractivity contribution in [3.05, 3.63) is 42.6 Å². The SMILES string of the molecule is CN(C)CCCNc1ccc2ncc(-c3ccc(O)cc3)n2n1. The van der Waals surface area contributed by atoms with E-state index in [1.54, 1.807) is 18.3 Å². The predicted octanol–water partition coefficient (Wildman–Crippen LogP) is 2.47. The number of imidazole rings is 1. The molecule has 3 aromatic rings. The van der Waals surface area contributed by atoms with Gasteiger partial charge in [0.25, 0.3) is 0 Å². The van der Waals surface area contributed by atoms with Crippen molar-refractivity contribution in [1.29, 1.82) is 0 Å². The number of phenolic OH excluding ortho intramolecular Hbond substituents is 1. The average Bonchev–Trinajstić information content (AvgIpc) is 2.95. The second-order valence-electron chi connectivity index (χ2n) is 5.76. The van der Waals surface area contributed by atoms with E-state index in [1.807, 2.05) is 28.8 Å². The van der Waals surface area contributed by atoms with Crippen LogP contribution in [0.4, 0.5) is 5.82 Å². The second kappa shape index (κ2) is 6.66. The highest BCUT2D eigenvalue weighted by Gasteiger charge is 2.08. The van der Waals surface area contributed by atoms with Gasteiger partial charge in [-0.15, -0.1) is 5.10 Å². The third-order valence-corrected chi connectivity index (χ3v) is 3.61. The molecule has 2 aromatic heterocycles. The van der Waals surface area contributed by atoms with Gasteiger partial charge in [0, 0.05) is 12.1 Å². The lowest BCUT2D eigenvalue weighted by Gasteiger charge is -2.10. The van der Waals surface area contributed by atoms with Gasteiger partial charge in [0.2, 0.25) is 0 Å². The average molecular weight is 311 g/mol. The van der Waals surface area contributed by atoms with Gasteiger partial charge in [-0.3, -0.25) is 0 Å². The number of hydrogen-bond acceptors (Lipinski definition) is 5. The molecule has 3 rings (SSSR count). The first-order valence-corrected chi connectivity index (χ1v) is 7.66. The molecule has 0 bridgehead atoms. The Balaban J connectivity index is 1.81. The maximum Gasteiger partial charge on any atom is 0.154 e. The molecular weight excluding hydrogens is 290 g/mol. The number of aromatic hydroxyl groups is 1. The summed E-state index contributed by atoms with van der Waals surface area (Å²) in [7, 11) is 4.14. The number of hydrogen-bond donors (Lipinski definition) is 2. The number of rotatable bonds is 6. The van der Waals surface area contributed by atoms with E-state index < -0.39 is 0 Å². The van der Waals surface area contributed by atoms with Crippen LogP contribution in [0.15, 0.2) is 42.6 Å². The molecule has 0 spiro atoms. The molecule has 1 aromatic carbocycles. The van der Waals surface area contributed by atoms with Gasteiger partial charge in [0.1, 0.15) is 11.6 Å². The fourth-order valence-electron chi connectivity index (χ4n) is 2.41. The Labute approximate surface area is 135 Å². The molecule has 6 heteroatoms. The number of fused-ring (bicyclic) bond motifs is 1. The molecule has 23 heavy (non-hydrogen) atoms. The normalized spacial score (nSPS) is 11.3. The van der Waals surface area contributed by atoms with Crippen LogP contribution in [-0.2, 0) is 0 Å². The first-order chi connectivity index (χ1) is 11.1. The molecule has 0 aliphatic rings. The van der Waals surface area contributed by atoms with Crippen LogP contribution in [0.5, 0.6) is 5.75 Å². The van der Waals surface area contributed by atoms with Crippen molar-refractivity contribution in [3.8, 4) is 17.0 Å². The smallest absolute Gasteiger partial charge is 0.154 e. The van der Waals surface area contributed by atoms with Crippen molar-refractivity contribution < 1.29 is 5.11 Å². The predicted molar refractivity (Wildman–Crippen MR) is 91.7 cm³/mol. The maximum absolute atomic E-state index is 9.42. The van der Waals surface area contributed by atoms with Crippen LogP contribution in [0, 0.1) is 0 Å². The fraction of sp³-hybridized carbons (Fsp3) is 0.294. The van der Waals surface area contributed by atoms with Crippen LogP contribution in [-0.4, -0.2) is 51.8 Å². The summed E-state index contributed by atoms with van der Waals surface area (Å²) in [4.78, 5) is 6.55. The third kappa shape index (κ3) is 3.60. The van der Waals surface area contributed by atoms with Gasteiger partial charge in [-0.05, 0) is 63.5 Å². The van der Waals surface area contributed by atoms with Crippen molar-refractivity contribution in [2.24, 2.45) is 0 Å². The quantitative estimate of drug-likeness (QED) is 0.685. The summed E-state index contributed by atoms with van der Waals surface area (Å²) in [6.07, 6.45) is 2.85. The summed E-state index contributed by atoms with van der Waals surface area (Å²) in [6, 6.07) is 10.9. The van der Waals surface area contributed by atoms with Crippen LogP contribution in [0.2, 0.25) is 0 Å². The lowest BCUT2D eigenvalue weighted by Crippen LogP contribution is -2.16. The molecule has 6 nitrogen and oxygen atoms in total. The zero-order valence-electron chi connectivity index (χ0n) is 13.4. The minimum absolute atomic E-state index is 0.249. The molecule has 0 aliphatic carbocycles. The Morgan fingerprint density at radius 2 is 1.91 bits per heavy atom.